The molecule has 1 aromatic carbocycles. The molecule has 0 unspecified atom stereocenters. The molecule has 2 N–H and O–H groups in total. The lowest BCUT2D eigenvalue weighted by molar-refractivity contribution is 0.412. The third-order valence-corrected chi connectivity index (χ3v) is 3.17. The van der Waals surface area contributed by atoms with Gasteiger partial charge in [-0.2, -0.15) is 0 Å². The number of benzene rings is 1. The number of rotatable bonds is 3. The second kappa shape index (κ2) is 4.89. The highest BCUT2D eigenvalue weighted by Gasteiger charge is 2.09. The van der Waals surface area contributed by atoms with E-state index in [0.717, 1.165) is 21.6 Å². The van der Waals surface area contributed by atoms with Crippen molar-refractivity contribution in [1.29, 1.82) is 0 Å². The number of ether oxygens (including phenoxy) is 1. The van der Waals surface area contributed by atoms with Crippen LogP contribution in [0.2, 0.25) is 0 Å². The maximum Gasteiger partial charge on any atom is 0.133 e. The predicted octanol–water partition coefficient (Wildman–Crippen LogP) is 2.66. The van der Waals surface area contributed by atoms with E-state index in [9.17, 15) is 0 Å². The van der Waals surface area contributed by atoms with E-state index in [2.05, 4.69) is 20.9 Å². The minimum absolute atomic E-state index is 0.0571. The largest absolute Gasteiger partial charge is 0.496 e. The van der Waals surface area contributed by atoms with E-state index in [0.29, 0.717) is 0 Å². The lowest BCUT2D eigenvalue weighted by Gasteiger charge is -2.12. The second-order valence-electron chi connectivity index (χ2n) is 3.80. The third kappa shape index (κ3) is 2.35. The summed E-state index contributed by atoms with van der Waals surface area (Å²) >= 11 is 3.46. The molecule has 0 aliphatic rings. The number of hydrogen-bond acceptors (Lipinski definition) is 3. The van der Waals surface area contributed by atoms with Crippen molar-refractivity contribution < 1.29 is 4.74 Å². The number of hydrogen-bond donors (Lipinski definition) is 1. The number of imidazole rings is 1. The fourth-order valence-electron chi connectivity index (χ4n) is 1.66. The average molecular weight is 296 g/mol. The van der Waals surface area contributed by atoms with Crippen LogP contribution in [0.3, 0.4) is 0 Å². The third-order valence-electron chi connectivity index (χ3n) is 2.55. The standard InChI is InChI=1S/C12H14BrN3O/c1-8(14)11-6-15-7-16(11)9-3-4-12(17-2)10(13)5-9/h3-8H,14H2,1-2H3/t8-/m1/s1. The van der Waals surface area contributed by atoms with Crippen LogP contribution in [-0.4, -0.2) is 16.7 Å². The molecule has 4 nitrogen and oxygen atoms in total. The Labute approximate surface area is 109 Å². The SMILES string of the molecule is COc1ccc(-n2cncc2[C@@H](C)N)cc1Br. The van der Waals surface area contributed by atoms with Gasteiger partial charge in [-0.1, -0.05) is 0 Å². The predicted molar refractivity (Wildman–Crippen MR) is 70.4 cm³/mol. The molecule has 1 atom stereocenters. The highest BCUT2D eigenvalue weighted by molar-refractivity contribution is 9.10. The normalized spacial score (nSPS) is 12.5. The summed E-state index contributed by atoms with van der Waals surface area (Å²) < 4.78 is 8.07. The van der Waals surface area contributed by atoms with E-state index in [-0.39, 0.29) is 6.04 Å². The molecule has 0 radical (unpaired) electrons. The lowest BCUT2D eigenvalue weighted by Crippen LogP contribution is -2.10. The van der Waals surface area contributed by atoms with Crippen molar-refractivity contribution in [2.24, 2.45) is 5.73 Å². The minimum atomic E-state index is -0.0571. The second-order valence-corrected chi connectivity index (χ2v) is 4.65. The molecule has 0 fully saturated rings. The van der Waals surface area contributed by atoms with E-state index >= 15 is 0 Å². The molecule has 2 aromatic rings. The average Bonchev–Trinajstić information content (AvgIpc) is 2.77. The van der Waals surface area contributed by atoms with Gasteiger partial charge in [-0.15, -0.1) is 0 Å². The zero-order valence-corrected chi connectivity index (χ0v) is 11.3. The minimum Gasteiger partial charge on any atom is -0.496 e. The van der Waals surface area contributed by atoms with Crippen molar-refractivity contribution in [2.75, 3.05) is 7.11 Å². The van der Waals surface area contributed by atoms with Crippen molar-refractivity contribution in [3.63, 3.8) is 0 Å². The van der Waals surface area contributed by atoms with Crippen LogP contribution in [0.1, 0.15) is 18.7 Å². The Morgan fingerprint density at radius 2 is 2.24 bits per heavy atom. The van der Waals surface area contributed by atoms with Gasteiger partial charge in [0.1, 0.15) is 5.75 Å². The van der Waals surface area contributed by atoms with Crippen LogP contribution in [0.25, 0.3) is 5.69 Å². The molecule has 0 saturated heterocycles. The van der Waals surface area contributed by atoms with E-state index in [1.54, 1.807) is 19.6 Å². The summed E-state index contributed by atoms with van der Waals surface area (Å²) in [6.45, 7) is 1.94. The van der Waals surface area contributed by atoms with Crippen molar-refractivity contribution in [2.45, 2.75) is 13.0 Å². The Hall–Kier alpha value is -1.33. The summed E-state index contributed by atoms with van der Waals surface area (Å²) in [7, 11) is 1.64. The van der Waals surface area contributed by atoms with Crippen molar-refractivity contribution in [1.82, 2.24) is 9.55 Å². The molecular weight excluding hydrogens is 282 g/mol. The molecule has 0 bridgehead atoms. The van der Waals surface area contributed by atoms with Gasteiger partial charge in [-0.25, -0.2) is 4.98 Å². The molecule has 5 heteroatoms. The first-order valence-corrected chi connectivity index (χ1v) is 6.04. The fourth-order valence-corrected chi connectivity index (χ4v) is 2.19. The number of aromatic nitrogens is 2. The summed E-state index contributed by atoms with van der Waals surface area (Å²) in [5, 5.41) is 0. The first-order chi connectivity index (χ1) is 8.13. The fraction of sp³-hybridized carbons (Fsp3) is 0.250. The number of methoxy groups -OCH3 is 1. The van der Waals surface area contributed by atoms with E-state index in [1.165, 1.54) is 0 Å². The monoisotopic (exact) mass is 295 g/mol. The molecule has 1 heterocycles. The van der Waals surface area contributed by atoms with Gasteiger partial charge in [0, 0.05) is 11.7 Å². The highest BCUT2D eigenvalue weighted by atomic mass is 79.9. The lowest BCUT2D eigenvalue weighted by atomic mass is 10.2. The quantitative estimate of drug-likeness (QED) is 0.947. The maximum absolute atomic E-state index is 5.89. The summed E-state index contributed by atoms with van der Waals surface area (Å²) in [5.74, 6) is 0.802. The Bertz CT molecular complexity index is 522. The van der Waals surface area contributed by atoms with Gasteiger partial charge in [0.25, 0.3) is 0 Å². The van der Waals surface area contributed by atoms with Crippen LogP contribution < -0.4 is 10.5 Å². The highest BCUT2D eigenvalue weighted by Crippen LogP contribution is 2.28. The molecular formula is C12H14BrN3O. The smallest absolute Gasteiger partial charge is 0.133 e. The van der Waals surface area contributed by atoms with Gasteiger partial charge in [-0.05, 0) is 41.1 Å². The molecule has 2 rings (SSSR count). The first-order valence-electron chi connectivity index (χ1n) is 5.25. The zero-order chi connectivity index (χ0) is 12.4. The van der Waals surface area contributed by atoms with Crippen LogP contribution in [-0.2, 0) is 0 Å². The molecule has 17 heavy (non-hydrogen) atoms. The van der Waals surface area contributed by atoms with Gasteiger partial charge in [0.05, 0.1) is 29.8 Å². The van der Waals surface area contributed by atoms with Gasteiger partial charge >= 0.3 is 0 Å². The molecule has 0 spiro atoms. The topological polar surface area (TPSA) is 53.1 Å². The Kier molecular flexibility index (Phi) is 3.49. The van der Waals surface area contributed by atoms with Gasteiger partial charge in [0.2, 0.25) is 0 Å². The molecule has 0 saturated carbocycles. The van der Waals surface area contributed by atoms with Gasteiger partial charge in [-0.3, -0.25) is 0 Å². The maximum atomic E-state index is 5.89. The van der Waals surface area contributed by atoms with Crippen LogP contribution in [0, 0.1) is 0 Å². The zero-order valence-electron chi connectivity index (χ0n) is 9.72. The van der Waals surface area contributed by atoms with E-state index in [4.69, 9.17) is 10.5 Å². The van der Waals surface area contributed by atoms with Crippen molar-refractivity contribution >= 4 is 15.9 Å². The number of nitrogens with zero attached hydrogens (tertiary/aromatic N) is 2. The molecule has 0 amide bonds. The summed E-state index contributed by atoms with van der Waals surface area (Å²) in [6.07, 6.45) is 3.54. The Balaban J connectivity index is 2.46. The summed E-state index contributed by atoms with van der Waals surface area (Å²) in [6, 6.07) is 5.80. The number of halogens is 1. The van der Waals surface area contributed by atoms with E-state index in [1.807, 2.05) is 29.7 Å². The molecule has 1 aromatic heterocycles. The van der Waals surface area contributed by atoms with Crippen LogP contribution >= 0.6 is 15.9 Å². The molecule has 0 aliphatic heterocycles. The molecule has 0 aliphatic carbocycles. The van der Waals surface area contributed by atoms with Crippen LogP contribution in [0.5, 0.6) is 5.75 Å². The summed E-state index contributed by atoms with van der Waals surface area (Å²) in [5.41, 5.74) is 7.87. The first kappa shape index (κ1) is 12.1. The van der Waals surface area contributed by atoms with Crippen molar-refractivity contribution in [3.8, 4) is 11.4 Å². The van der Waals surface area contributed by atoms with Crippen LogP contribution in [0.4, 0.5) is 0 Å². The van der Waals surface area contributed by atoms with Crippen LogP contribution in [0.15, 0.2) is 35.2 Å². The van der Waals surface area contributed by atoms with Crippen molar-refractivity contribution in [3.05, 3.63) is 40.9 Å². The molecule has 90 valence electrons. The van der Waals surface area contributed by atoms with Gasteiger partial charge < -0.3 is 15.0 Å². The van der Waals surface area contributed by atoms with E-state index < -0.39 is 0 Å². The number of nitrogens with two attached hydrogens (primary N) is 1. The Morgan fingerprint density at radius 3 is 2.82 bits per heavy atom. The summed E-state index contributed by atoms with van der Waals surface area (Å²) in [4.78, 5) is 4.13. The van der Waals surface area contributed by atoms with Gasteiger partial charge in [0.15, 0.2) is 0 Å². The Morgan fingerprint density at radius 1 is 1.47 bits per heavy atom.